The van der Waals surface area contributed by atoms with E-state index in [1.54, 1.807) is 6.33 Å². The predicted molar refractivity (Wildman–Crippen MR) is 80.2 cm³/mol. The van der Waals surface area contributed by atoms with Crippen LogP contribution in [-0.2, 0) is 0 Å². The number of benzene rings is 1. The van der Waals surface area contributed by atoms with Gasteiger partial charge < -0.3 is 5.32 Å². The first kappa shape index (κ1) is 11.6. The highest BCUT2D eigenvalue weighted by Crippen LogP contribution is 2.56. The smallest absolute Gasteiger partial charge is 0.137 e. The van der Waals surface area contributed by atoms with E-state index in [4.69, 9.17) is 0 Å². The molecule has 1 spiro atoms. The van der Waals surface area contributed by atoms with Crippen molar-refractivity contribution in [3.8, 4) is 0 Å². The summed E-state index contributed by atoms with van der Waals surface area (Å²) in [4.78, 5) is 8.74. The first-order valence-electron chi connectivity index (χ1n) is 6.91. The van der Waals surface area contributed by atoms with Crippen molar-refractivity contribution in [2.75, 3.05) is 5.32 Å². The van der Waals surface area contributed by atoms with Gasteiger partial charge in [0.1, 0.15) is 12.1 Å². The van der Waals surface area contributed by atoms with Crippen molar-refractivity contribution in [2.24, 2.45) is 5.41 Å². The average molecular weight is 318 g/mol. The Morgan fingerprint density at radius 1 is 1.21 bits per heavy atom. The average Bonchev–Trinajstić information content (AvgIpc) is 2.30. The Morgan fingerprint density at radius 3 is 2.79 bits per heavy atom. The summed E-state index contributed by atoms with van der Waals surface area (Å²) >= 11 is 3.48. The zero-order chi connectivity index (χ0) is 12.9. The topological polar surface area (TPSA) is 37.8 Å². The van der Waals surface area contributed by atoms with Crippen LogP contribution in [0.5, 0.6) is 0 Å². The number of aromatic nitrogens is 2. The van der Waals surface area contributed by atoms with E-state index in [9.17, 15) is 0 Å². The second-order valence-corrected chi connectivity index (χ2v) is 6.90. The fraction of sp³-hybridized carbons (Fsp3) is 0.467. The first-order chi connectivity index (χ1) is 9.24. The zero-order valence-electron chi connectivity index (χ0n) is 10.7. The molecule has 0 aliphatic heterocycles. The molecule has 2 saturated carbocycles. The molecule has 19 heavy (non-hydrogen) atoms. The molecule has 1 aromatic heterocycles. The lowest BCUT2D eigenvalue weighted by Crippen LogP contribution is -2.49. The van der Waals surface area contributed by atoms with E-state index < -0.39 is 0 Å². The minimum atomic E-state index is 0.599. The molecule has 3 nitrogen and oxygen atoms in total. The van der Waals surface area contributed by atoms with E-state index in [2.05, 4.69) is 37.3 Å². The highest BCUT2D eigenvalue weighted by Gasteiger charge is 2.48. The molecular weight excluding hydrogens is 302 g/mol. The second-order valence-electron chi connectivity index (χ2n) is 5.99. The molecule has 0 radical (unpaired) electrons. The van der Waals surface area contributed by atoms with Gasteiger partial charge in [-0.3, -0.25) is 0 Å². The van der Waals surface area contributed by atoms with Crippen LogP contribution in [0.2, 0.25) is 0 Å². The lowest BCUT2D eigenvalue weighted by Gasteiger charge is -2.54. The van der Waals surface area contributed by atoms with Crippen LogP contribution in [0, 0.1) is 5.41 Å². The lowest BCUT2D eigenvalue weighted by molar-refractivity contribution is 0.0191. The van der Waals surface area contributed by atoms with Gasteiger partial charge >= 0.3 is 0 Å². The van der Waals surface area contributed by atoms with Crippen LogP contribution in [0.3, 0.4) is 0 Å². The van der Waals surface area contributed by atoms with Crippen LogP contribution < -0.4 is 5.32 Å². The maximum absolute atomic E-state index is 4.41. The van der Waals surface area contributed by atoms with Crippen LogP contribution in [0.15, 0.2) is 29.0 Å². The first-order valence-corrected chi connectivity index (χ1v) is 7.70. The van der Waals surface area contributed by atoms with Gasteiger partial charge in [0.05, 0.1) is 5.52 Å². The molecule has 4 rings (SSSR count). The molecule has 2 aromatic rings. The normalized spacial score (nSPS) is 21.1. The SMILES string of the molecule is Brc1ccc2c(NC3CC4(CCC4)C3)ncnc2c1. The van der Waals surface area contributed by atoms with Gasteiger partial charge in [-0.15, -0.1) is 0 Å². The van der Waals surface area contributed by atoms with Crippen molar-refractivity contribution >= 4 is 32.7 Å². The maximum atomic E-state index is 4.41. The van der Waals surface area contributed by atoms with Gasteiger partial charge in [-0.25, -0.2) is 9.97 Å². The fourth-order valence-corrected chi connectivity index (χ4v) is 3.86. The lowest BCUT2D eigenvalue weighted by atomic mass is 9.54. The quantitative estimate of drug-likeness (QED) is 0.904. The number of hydrogen-bond donors (Lipinski definition) is 1. The van der Waals surface area contributed by atoms with Gasteiger partial charge in [-0.05, 0) is 49.3 Å². The van der Waals surface area contributed by atoms with Crippen LogP contribution in [0.4, 0.5) is 5.82 Å². The van der Waals surface area contributed by atoms with E-state index in [1.807, 2.05) is 12.1 Å². The van der Waals surface area contributed by atoms with Crippen LogP contribution in [0.1, 0.15) is 32.1 Å². The van der Waals surface area contributed by atoms with E-state index in [-0.39, 0.29) is 0 Å². The number of nitrogens with one attached hydrogen (secondary N) is 1. The van der Waals surface area contributed by atoms with Gasteiger partial charge in [-0.1, -0.05) is 22.4 Å². The summed E-state index contributed by atoms with van der Waals surface area (Å²) in [5.41, 5.74) is 1.69. The Labute approximate surface area is 121 Å². The number of nitrogens with zero attached hydrogens (tertiary/aromatic N) is 2. The third kappa shape index (κ3) is 1.93. The van der Waals surface area contributed by atoms with Crippen molar-refractivity contribution in [3.63, 3.8) is 0 Å². The molecule has 1 heterocycles. The minimum Gasteiger partial charge on any atom is -0.367 e. The summed E-state index contributed by atoms with van der Waals surface area (Å²) in [5.74, 6) is 0.983. The summed E-state index contributed by atoms with van der Waals surface area (Å²) in [6, 6.07) is 6.77. The summed E-state index contributed by atoms with van der Waals surface area (Å²) in [6.07, 6.45) is 8.57. The Bertz CT molecular complexity index is 628. The van der Waals surface area contributed by atoms with Crippen molar-refractivity contribution in [1.29, 1.82) is 0 Å². The molecular formula is C15H16BrN3. The van der Waals surface area contributed by atoms with Gasteiger partial charge in [0, 0.05) is 15.9 Å². The predicted octanol–water partition coefficient (Wildman–Crippen LogP) is 4.14. The molecule has 2 fully saturated rings. The summed E-state index contributed by atoms with van der Waals surface area (Å²) < 4.78 is 1.06. The monoisotopic (exact) mass is 317 g/mol. The Kier molecular flexibility index (Phi) is 2.56. The number of anilines is 1. The molecule has 0 saturated heterocycles. The Balaban J connectivity index is 1.58. The number of hydrogen-bond acceptors (Lipinski definition) is 3. The van der Waals surface area contributed by atoms with Gasteiger partial charge in [0.25, 0.3) is 0 Å². The van der Waals surface area contributed by atoms with Crippen LogP contribution >= 0.6 is 15.9 Å². The molecule has 0 amide bonds. The van der Waals surface area contributed by atoms with E-state index in [0.29, 0.717) is 11.5 Å². The minimum absolute atomic E-state index is 0.599. The Morgan fingerprint density at radius 2 is 2.05 bits per heavy atom. The van der Waals surface area contributed by atoms with Crippen molar-refractivity contribution in [1.82, 2.24) is 9.97 Å². The highest BCUT2D eigenvalue weighted by molar-refractivity contribution is 9.10. The van der Waals surface area contributed by atoms with E-state index in [0.717, 1.165) is 21.2 Å². The largest absolute Gasteiger partial charge is 0.367 e. The fourth-order valence-electron chi connectivity index (χ4n) is 3.51. The Hall–Kier alpha value is -1.16. The third-order valence-electron chi connectivity index (χ3n) is 4.71. The van der Waals surface area contributed by atoms with Crippen molar-refractivity contribution in [2.45, 2.75) is 38.1 Å². The molecule has 1 N–H and O–H groups in total. The molecule has 0 unspecified atom stereocenters. The standard InChI is InChI=1S/C15H16BrN3/c16-10-2-3-12-13(6-10)17-9-18-14(12)19-11-7-15(8-11)4-1-5-15/h2-3,6,9,11H,1,4-5,7-8H2,(H,17,18,19). The zero-order valence-corrected chi connectivity index (χ0v) is 12.3. The summed E-state index contributed by atoms with van der Waals surface area (Å²) in [6.45, 7) is 0. The molecule has 2 aliphatic carbocycles. The number of rotatable bonds is 2. The number of halogens is 1. The van der Waals surface area contributed by atoms with Crippen LogP contribution in [0.25, 0.3) is 10.9 Å². The van der Waals surface area contributed by atoms with Gasteiger partial charge in [-0.2, -0.15) is 0 Å². The molecule has 2 aliphatic rings. The number of fused-ring (bicyclic) bond motifs is 1. The van der Waals surface area contributed by atoms with E-state index >= 15 is 0 Å². The van der Waals surface area contributed by atoms with E-state index in [1.165, 1.54) is 32.1 Å². The molecule has 98 valence electrons. The van der Waals surface area contributed by atoms with Crippen LogP contribution in [-0.4, -0.2) is 16.0 Å². The highest BCUT2D eigenvalue weighted by atomic mass is 79.9. The molecule has 1 aromatic carbocycles. The molecule has 0 atom stereocenters. The molecule has 0 bridgehead atoms. The molecule has 4 heteroatoms. The van der Waals surface area contributed by atoms with Crippen molar-refractivity contribution in [3.05, 3.63) is 29.0 Å². The summed E-state index contributed by atoms with van der Waals surface area (Å²) in [5, 5.41) is 4.71. The van der Waals surface area contributed by atoms with Gasteiger partial charge in [0.15, 0.2) is 0 Å². The third-order valence-corrected chi connectivity index (χ3v) is 5.21. The van der Waals surface area contributed by atoms with Gasteiger partial charge in [0.2, 0.25) is 0 Å². The maximum Gasteiger partial charge on any atom is 0.137 e. The summed E-state index contributed by atoms with van der Waals surface area (Å²) in [7, 11) is 0. The second kappa shape index (κ2) is 4.17. The van der Waals surface area contributed by atoms with Crippen molar-refractivity contribution < 1.29 is 0 Å².